The molecule has 3 N–H and O–H groups in total. The number of amides is 1. The highest BCUT2D eigenvalue weighted by Gasteiger charge is 2.09. The zero-order valence-corrected chi connectivity index (χ0v) is 12.3. The summed E-state index contributed by atoms with van der Waals surface area (Å²) in [5.74, 6) is 0.196. The monoisotopic (exact) mass is 305 g/mol. The van der Waals surface area contributed by atoms with Crippen LogP contribution in [0.1, 0.15) is 23.8 Å². The van der Waals surface area contributed by atoms with Crippen molar-refractivity contribution in [3.63, 3.8) is 0 Å². The highest BCUT2D eigenvalue weighted by molar-refractivity contribution is 7.14. The van der Waals surface area contributed by atoms with E-state index in [1.807, 2.05) is 12.1 Å². The molecule has 7 heteroatoms. The summed E-state index contributed by atoms with van der Waals surface area (Å²) < 4.78 is 5.43. The Morgan fingerprint density at radius 1 is 1.38 bits per heavy atom. The van der Waals surface area contributed by atoms with Gasteiger partial charge < -0.3 is 15.8 Å². The zero-order chi connectivity index (χ0) is 15.2. The Kier molecular flexibility index (Phi) is 4.89. The number of nitrogens with one attached hydrogen (secondary N) is 1. The molecular weight excluding hydrogens is 290 g/mol. The summed E-state index contributed by atoms with van der Waals surface area (Å²) in [4.78, 5) is 26.8. The number of rotatable bonds is 6. The molecule has 0 saturated carbocycles. The van der Waals surface area contributed by atoms with E-state index in [1.165, 1.54) is 18.3 Å². The molecule has 1 aromatic heterocycles. The van der Waals surface area contributed by atoms with Gasteiger partial charge in [-0.25, -0.2) is 4.98 Å². The molecule has 1 amide bonds. The van der Waals surface area contributed by atoms with Crippen LogP contribution in [0.25, 0.3) is 0 Å². The van der Waals surface area contributed by atoms with Crippen molar-refractivity contribution in [2.75, 3.05) is 17.7 Å². The maximum absolute atomic E-state index is 11.7. The SMILES string of the molecule is CC(=O)c1csc(NC(=O)CCOc2ccccc2N)n1. The first kappa shape index (κ1) is 15.0. The minimum Gasteiger partial charge on any atom is -0.491 e. The van der Waals surface area contributed by atoms with Crippen LogP contribution >= 0.6 is 11.3 Å². The molecule has 0 bridgehead atoms. The third-order valence-corrected chi connectivity index (χ3v) is 3.37. The number of carbonyl (C=O) groups is 2. The van der Waals surface area contributed by atoms with E-state index in [2.05, 4.69) is 10.3 Å². The number of para-hydroxylation sites is 2. The van der Waals surface area contributed by atoms with Crippen LogP contribution < -0.4 is 15.8 Å². The Morgan fingerprint density at radius 3 is 2.81 bits per heavy atom. The molecule has 0 aliphatic heterocycles. The number of ketones is 1. The summed E-state index contributed by atoms with van der Waals surface area (Å²) in [7, 11) is 0. The van der Waals surface area contributed by atoms with Gasteiger partial charge in [0.2, 0.25) is 5.91 Å². The number of anilines is 2. The lowest BCUT2D eigenvalue weighted by molar-refractivity contribution is -0.116. The van der Waals surface area contributed by atoms with Gasteiger partial charge in [-0.05, 0) is 12.1 Å². The molecule has 0 radical (unpaired) electrons. The summed E-state index contributed by atoms with van der Waals surface area (Å²) in [6, 6.07) is 7.09. The fourth-order valence-corrected chi connectivity index (χ4v) is 2.31. The van der Waals surface area contributed by atoms with E-state index in [9.17, 15) is 9.59 Å². The van der Waals surface area contributed by atoms with Gasteiger partial charge in [0.15, 0.2) is 10.9 Å². The van der Waals surface area contributed by atoms with Crippen LogP contribution in [0.15, 0.2) is 29.6 Å². The first-order chi connectivity index (χ1) is 10.1. The molecule has 0 aliphatic rings. The molecule has 21 heavy (non-hydrogen) atoms. The number of nitrogens with zero attached hydrogens (tertiary/aromatic N) is 1. The van der Waals surface area contributed by atoms with Crippen LogP contribution in [0.2, 0.25) is 0 Å². The number of nitrogens with two attached hydrogens (primary N) is 1. The van der Waals surface area contributed by atoms with E-state index >= 15 is 0 Å². The summed E-state index contributed by atoms with van der Waals surface area (Å²) in [5, 5.41) is 4.64. The Bertz CT molecular complexity index is 654. The van der Waals surface area contributed by atoms with Gasteiger partial charge in [0.05, 0.1) is 18.7 Å². The second kappa shape index (κ2) is 6.85. The van der Waals surface area contributed by atoms with Crippen LogP contribution in [0, 0.1) is 0 Å². The molecule has 2 aromatic rings. The highest BCUT2D eigenvalue weighted by Crippen LogP contribution is 2.20. The number of Topliss-reactive ketones (excluding diaryl/α,β-unsaturated/α-hetero) is 1. The van der Waals surface area contributed by atoms with Gasteiger partial charge >= 0.3 is 0 Å². The van der Waals surface area contributed by atoms with Gasteiger partial charge in [-0.3, -0.25) is 9.59 Å². The van der Waals surface area contributed by atoms with Crippen LogP contribution in [-0.4, -0.2) is 23.3 Å². The predicted octanol–water partition coefficient (Wildman–Crippen LogP) is 2.34. The first-order valence-electron chi connectivity index (χ1n) is 6.30. The van der Waals surface area contributed by atoms with E-state index in [-0.39, 0.29) is 24.7 Å². The van der Waals surface area contributed by atoms with E-state index in [1.54, 1.807) is 17.5 Å². The number of ether oxygens (including phenoxy) is 1. The second-order valence-corrected chi connectivity index (χ2v) is 5.14. The minimum atomic E-state index is -0.228. The zero-order valence-electron chi connectivity index (χ0n) is 11.5. The third kappa shape index (κ3) is 4.28. The summed E-state index contributed by atoms with van der Waals surface area (Å²) in [6.45, 7) is 1.64. The van der Waals surface area contributed by atoms with E-state index < -0.39 is 0 Å². The number of thiazole rings is 1. The molecule has 2 rings (SSSR count). The molecule has 0 atom stereocenters. The number of benzene rings is 1. The maximum Gasteiger partial charge on any atom is 0.229 e. The molecular formula is C14H15N3O3S. The molecule has 0 aliphatic carbocycles. The van der Waals surface area contributed by atoms with Crippen LogP contribution in [0.4, 0.5) is 10.8 Å². The van der Waals surface area contributed by atoms with Gasteiger partial charge in [0, 0.05) is 12.3 Å². The lowest BCUT2D eigenvalue weighted by atomic mass is 10.3. The fourth-order valence-electron chi connectivity index (χ4n) is 1.54. The Balaban J connectivity index is 1.79. The quantitative estimate of drug-likeness (QED) is 0.631. The normalized spacial score (nSPS) is 10.1. The van der Waals surface area contributed by atoms with Crippen LogP contribution in [-0.2, 0) is 4.79 Å². The molecule has 110 valence electrons. The molecule has 0 spiro atoms. The lowest BCUT2D eigenvalue weighted by Gasteiger charge is -2.08. The maximum atomic E-state index is 11.7. The second-order valence-electron chi connectivity index (χ2n) is 4.28. The number of carbonyl (C=O) groups excluding carboxylic acids is 2. The molecule has 0 unspecified atom stereocenters. The highest BCUT2D eigenvalue weighted by atomic mass is 32.1. The summed E-state index contributed by atoms with van der Waals surface area (Å²) in [5.41, 5.74) is 6.61. The molecule has 1 heterocycles. The van der Waals surface area contributed by atoms with Gasteiger partial charge in [-0.1, -0.05) is 12.1 Å². The average molecular weight is 305 g/mol. The largest absolute Gasteiger partial charge is 0.491 e. The standard InChI is InChI=1S/C14H15N3O3S/c1-9(18)11-8-21-14(16-11)17-13(19)6-7-20-12-5-3-2-4-10(12)15/h2-5,8H,6-7,15H2,1H3,(H,16,17,19). The van der Waals surface area contributed by atoms with Gasteiger partial charge in [-0.2, -0.15) is 0 Å². The van der Waals surface area contributed by atoms with Crippen molar-refractivity contribution in [3.05, 3.63) is 35.3 Å². The van der Waals surface area contributed by atoms with Crippen molar-refractivity contribution in [3.8, 4) is 5.75 Å². The molecule has 0 fully saturated rings. The fraction of sp³-hybridized carbons (Fsp3) is 0.214. The van der Waals surface area contributed by atoms with Crippen molar-refractivity contribution >= 4 is 33.8 Å². The van der Waals surface area contributed by atoms with E-state index in [0.717, 1.165) is 0 Å². The Morgan fingerprint density at radius 2 is 2.14 bits per heavy atom. The summed E-state index contributed by atoms with van der Waals surface area (Å²) in [6.07, 6.45) is 0.170. The number of aromatic nitrogens is 1. The summed E-state index contributed by atoms with van der Waals surface area (Å²) >= 11 is 1.21. The van der Waals surface area contributed by atoms with Crippen LogP contribution in [0.3, 0.4) is 0 Å². The van der Waals surface area contributed by atoms with E-state index in [0.29, 0.717) is 22.3 Å². The number of hydrogen-bond acceptors (Lipinski definition) is 6. The van der Waals surface area contributed by atoms with Crippen molar-refractivity contribution < 1.29 is 14.3 Å². The van der Waals surface area contributed by atoms with E-state index in [4.69, 9.17) is 10.5 Å². The van der Waals surface area contributed by atoms with Crippen molar-refractivity contribution in [1.82, 2.24) is 4.98 Å². The third-order valence-electron chi connectivity index (χ3n) is 2.62. The number of nitrogen functional groups attached to an aromatic ring is 1. The topological polar surface area (TPSA) is 94.3 Å². The predicted molar refractivity (Wildman–Crippen MR) is 81.7 cm³/mol. The number of hydrogen-bond donors (Lipinski definition) is 2. The van der Waals surface area contributed by atoms with Crippen molar-refractivity contribution in [2.24, 2.45) is 0 Å². The smallest absolute Gasteiger partial charge is 0.229 e. The van der Waals surface area contributed by atoms with Crippen molar-refractivity contribution in [2.45, 2.75) is 13.3 Å². The van der Waals surface area contributed by atoms with Gasteiger partial charge in [0.1, 0.15) is 11.4 Å². The van der Waals surface area contributed by atoms with Gasteiger partial charge in [0.25, 0.3) is 0 Å². The average Bonchev–Trinajstić information content (AvgIpc) is 2.89. The Labute approximate surface area is 125 Å². The minimum absolute atomic E-state index is 0.130. The Hall–Kier alpha value is -2.41. The molecule has 0 saturated heterocycles. The van der Waals surface area contributed by atoms with Crippen molar-refractivity contribution in [1.29, 1.82) is 0 Å². The van der Waals surface area contributed by atoms with Crippen LogP contribution in [0.5, 0.6) is 5.75 Å². The molecule has 1 aromatic carbocycles. The molecule has 6 nitrogen and oxygen atoms in total. The van der Waals surface area contributed by atoms with Gasteiger partial charge in [-0.15, -0.1) is 11.3 Å². The lowest BCUT2D eigenvalue weighted by Crippen LogP contribution is -2.15. The first-order valence-corrected chi connectivity index (χ1v) is 7.18.